The molecule has 0 saturated heterocycles. The summed E-state index contributed by atoms with van der Waals surface area (Å²) in [4.78, 5) is 0. The van der Waals surface area contributed by atoms with E-state index in [0.717, 1.165) is 40.5 Å². The number of benzene rings is 5. The Hall–Kier alpha value is -4.92. The predicted molar refractivity (Wildman–Crippen MR) is 205 cm³/mol. The molecular weight excluding hydrogens is 714 g/mol. The normalized spacial score (nSPS) is 15.3. The minimum Gasteiger partial charge on any atom is -0.494 e. The van der Waals surface area contributed by atoms with Crippen LogP contribution in [0.3, 0.4) is 0 Å². The van der Waals surface area contributed by atoms with Gasteiger partial charge in [0, 0.05) is 40.3 Å². The molecule has 1 heterocycles. The number of hydrogen-bond donors (Lipinski definition) is 0. The van der Waals surface area contributed by atoms with Crippen molar-refractivity contribution in [3.63, 3.8) is 0 Å². The zero-order chi connectivity index (χ0) is 39.2. The van der Waals surface area contributed by atoms with Gasteiger partial charge in [0.15, 0.2) is 5.60 Å². The quantitative estimate of drug-likeness (QED) is 0.119. The van der Waals surface area contributed by atoms with Gasteiger partial charge >= 0.3 is 12.4 Å². The average molecular weight is 759 g/mol. The first kappa shape index (κ1) is 38.4. The molecule has 1 aliphatic heterocycles. The molecular formula is C46H44F6O3. The number of fused-ring (bicyclic) bond motifs is 8. The van der Waals surface area contributed by atoms with E-state index in [1.165, 1.54) is 0 Å². The van der Waals surface area contributed by atoms with Crippen LogP contribution in [0.5, 0.6) is 17.2 Å². The molecule has 2 aliphatic rings. The lowest BCUT2D eigenvalue weighted by Crippen LogP contribution is -2.36. The molecule has 0 atom stereocenters. The van der Waals surface area contributed by atoms with Gasteiger partial charge in [0.25, 0.3) is 0 Å². The van der Waals surface area contributed by atoms with Crippen molar-refractivity contribution in [2.45, 2.75) is 89.6 Å². The van der Waals surface area contributed by atoms with Gasteiger partial charge in [-0.3, -0.25) is 0 Å². The van der Waals surface area contributed by atoms with E-state index in [4.69, 9.17) is 14.2 Å². The molecule has 55 heavy (non-hydrogen) atoms. The minimum atomic E-state index is -4.59. The highest BCUT2D eigenvalue weighted by atomic mass is 19.4. The second-order valence-electron chi connectivity index (χ2n) is 14.8. The first-order valence-corrected chi connectivity index (χ1v) is 18.9. The fourth-order valence-corrected chi connectivity index (χ4v) is 8.31. The van der Waals surface area contributed by atoms with Crippen molar-refractivity contribution in [1.29, 1.82) is 0 Å². The molecule has 288 valence electrons. The highest BCUT2D eigenvalue weighted by molar-refractivity contribution is 6.08. The van der Waals surface area contributed by atoms with Crippen molar-refractivity contribution >= 4 is 16.8 Å². The standard InChI is InChI=1S/C46H44F6O3/c1-5-25-53-33-13-9-31(10-14-33)44(32-11-15-34(16-12-32)54-26-6-2)20-19-37-41-40(35-17-7-29(3)27-38(35)42(37)55-44)36-18-8-30(4)28-39(36)43(41,21-23-45(47,48)49)22-24-46(50,51)52/h7-20,27-28H,5-6,21-26H2,1-4H3. The highest BCUT2D eigenvalue weighted by Crippen LogP contribution is 2.62. The summed E-state index contributed by atoms with van der Waals surface area (Å²) in [6.45, 7) is 8.92. The van der Waals surface area contributed by atoms with Gasteiger partial charge in [-0.25, -0.2) is 0 Å². The summed E-state index contributed by atoms with van der Waals surface area (Å²) in [5, 5.41) is 1.43. The topological polar surface area (TPSA) is 27.7 Å². The first-order valence-electron chi connectivity index (χ1n) is 18.9. The summed E-state index contributed by atoms with van der Waals surface area (Å²) in [5.41, 5.74) is 3.12. The van der Waals surface area contributed by atoms with Crippen LogP contribution >= 0.6 is 0 Å². The van der Waals surface area contributed by atoms with Crippen LogP contribution in [0.25, 0.3) is 28.0 Å². The largest absolute Gasteiger partial charge is 0.494 e. The molecule has 0 bridgehead atoms. The lowest BCUT2D eigenvalue weighted by molar-refractivity contribution is -0.143. The molecule has 3 nitrogen and oxygen atoms in total. The van der Waals surface area contributed by atoms with E-state index in [-0.39, 0.29) is 0 Å². The lowest BCUT2D eigenvalue weighted by atomic mass is 9.68. The van der Waals surface area contributed by atoms with E-state index in [1.807, 2.05) is 119 Å². The Bertz CT molecular complexity index is 2150. The first-order chi connectivity index (χ1) is 26.2. The molecule has 5 aromatic rings. The number of rotatable bonds is 12. The Morgan fingerprint density at radius 1 is 0.636 bits per heavy atom. The molecule has 0 saturated carbocycles. The summed E-state index contributed by atoms with van der Waals surface area (Å²) < 4.78 is 104. The molecule has 0 aromatic heterocycles. The van der Waals surface area contributed by atoms with Crippen molar-refractivity contribution in [3.05, 3.63) is 130 Å². The fraction of sp³-hybridized carbons (Fsp3) is 0.348. The van der Waals surface area contributed by atoms with Crippen molar-refractivity contribution in [2.24, 2.45) is 0 Å². The van der Waals surface area contributed by atoms with Crippen LogP contribution in [0.2, 0.25) is 0 Å². The molecule has 0 radical (unpaired) electrons. The van der Waals surface area contributed by atoms with Gasteiger partial charge < -0.3 is 14.2 Å². The van der Waals surface area contributed by atoms with E-state index < -0.39 is 49.1 Å². The third-order valence-corrected chi connectivity index (χ3v) is 10.8. The van der Waals surface area contributed by atoms with Crippen LogP contribution in [0.4, 0.5) is 26.3 Å². The van der Waals surface area contributed by atoms with Gasteiger partial charge in [-0.15, -0.1) is 0 Å². The van der Waals surface area contributed by atoms with Gasteiger partial charge in [0.2, 0.25) is 0 Å². The fourth-order valence-electron chi connectivity index (χ4n) is 8.31. The Morgan fingerprint density at radius 2 is 1.16 bits per heavy atom. The minimum absolute atomic E-state index is 0.408. The smallest absolute Gasteiger partial charge is 0.389 e. The molecule has 9 heteroatoms. The molecule has 0 fully saturated rings. The number of alkyl halides is 6. The number of hydrogen-bond acceptors (Lipinski definition) is 3. The Morgan fingerprint density at radius 3 is 1.69 bits per heavy atom. The van der Waals surface area contributed by atoms with Crippen LogP contribution in [0, 0.1) is 13.8 Å². The van der Waals surface area contributed by atoms with E-state index in [0.29, 0.717) is 63.7 Å². The average Bonchev–Trinajstić information content (AvgIpc) is 3.44. The van der Waals surface area contributed by atoms with E-state index in [9.17, 15) is 26.3 Å². The number of aryl methyl sites for hydroxylation is 2. The summed E-state index contributed by atoms with van der Waals surface area (Å²) in [7, 11) is 0. The summed E-state index contributed by atoms with van der Waals surface area (Å²) in [5.74, 6) is 1.79. The summed E-state index contributed by atoms with van der Waals surface area (Å²) >= 11 is 0. The Labute approximate surface area is 317 Å². The van der Waals surface area contributed by atoms with Crippen molar-refractivity contribution in [2.75, 3.05) is 13.2 Å². The zero-order valence-electron chi connectivity index (χ0n) is 31.4. The maximum absolute atomic E-state index is 14.2. The van der Waals surface area contributed by atoms with E-state index in [1.54, 1.807) is 6.07 Å². The van der Waals surface area contributed by atoms with Crippen molar-refractivity contribution in [3.8, 4) is 28.4 Å². The molecule has 5 aromatic carbocycles. The van der Waals surface area contributed by atoms with E-state index in [2.05, 4.69) is 0 Å². The predicted octanol–water partition coefficient (Wildman–Crippen LogP) is 13.3. The molecule has 0 amide bonds. The van der Waals surface area contributed by atoms with Crippen molar-refractivity contribution < 1.29 is 40.6 Å². The summed E-state index contributed by atoms with van der Waals surface area (Å²) in [6.07, 6.45) is -7.33. The van der Waals surface area contributed by atoms with Crippen LogP contribution in [-0.2, 0) is 11.0 Å². The van der Waals surface area contributed by atoms with Crippen LogP contribution in [0.1, 0.15) is 91.3 Å². The second kappa shape index (κ2) is 14.6. The zero-order valence-corrected chi connectivity index (χ0v) is 31.4. The monoisotopic (exact) mass is 758 g/mol. The third kappa shape index (κ3) is 7.30. The molecule has 7 rings (SSSR count). The van der Waals surface area contributed by atoms with Gasteiger partial charge in [-0.1, -0.05) is 85.6 Å². The third-order valence-electron chi connectivity index (χ3n) is 10.8. The van der Waals surface area contributed by atoms with Crippen LogP contribution in [0.15, 0.2) is 91.0 Å². The molecule has 1 aliphatic carbocycles. The molecule has 0 unspecified atom stereocenters. The van der Waals surface area contributed by atoms with Gasteiger partial charge in [-0.05, 0) is 104 Å². The van der Waals surface area contributed by atoms with Gasteiger partial charge in [0.1, 0.15) is 17.2 Å². The summed E-state index contributed by atoms with van der Waals surface area (Å²) in [6, 6.07) is 26.5. The van der Waals surface area contributed by atoms with Gasteiger partial charge in [0.05, 0.1) is 13.2 Å². The maximum atomic E-state index is 14.2. The lowest BCUT2D eigenvalue weighted by Gasteiger charge is -2.40. The Kier molecular flexibility index (Phi) is 10.2. The van der Waals surface area contributed by atoms with E-state index >= 15 is 0 Å². The van der Waals surface area contributed by atoms with Gasteiger partial charge in [-0.2, -0.15) is 26.3 Å². The number of ether oxygens (including phenoxy) is 3. The highest BCUT2D eigenvalue weighted by Gasteiger charge is 2.51. The molecule has 0 spiro atoms. The van der Waals surface area contributed by atoms with Crippen LogP contribution in [-0.4, -0.2) is 25.6 Å². The van der Waals surface area contributed by atoms with Crippen molar-refractivity contribution in [1.82, 2.24) is 0 Å². The SMILES string of the molecule is CCCOc1ccc(C2(c3ccc(OCCC)cc3)C=Cc3c4c(c5ccc(C)cc5c3O2)-c2ccc(C)cc2C4(CCC(F)(F)F)CCC(F)(F)F)cc1. The Balaban J connectivity index is 1.52. The van der Waals surface area contributed by atoms with Crippen LogP contribution < -0.4 is 14.2 Å². The maximum Gasteiger partial charge on any atom is 0.389 e. The number of halogens is 6. The second-order valence-corrected chi connectivity index (χ2v) is 14.8. The molecule has 0 N–H and O–H groups in total.